The normalized spacial score (nSPS) is 13.7. The Morgan fingerprint density at radius 1 is 1.26 bits per heavy atom. The first-order valence-corrected chi connectivity index (χ1v) is 10.4. The first-order chi connectivity index (χ1) is 14.8. The first kappa shape index (κ1) is 20.9. The minimum Gasteiger partial charge on any atom is -0.465 e. The number of urea groups is 1. The van der Waals surface area contributed by atoms with Gasteiger partial charge in [0.05, 0.1) is 22.5 Å². The van der Waals surface area contributed by atoms with E-state index in [1.54, 1.807) is 43.0 Å². The average molecular weight is 444 g/mol. The van der Waals surface area contributed by atoms with Crippen LogP contribution in [0.1, 0.15) is 26.7 Å². The Labute approximate surface area is 183 Å². The van der Waals surface area contributed by atoms with Crippen LogP contribution in [0.25, 0.3) is 22.7 Å². The summed E-state index contributed by atoms with van der Waals surface area (Å²) in [5.74, 6) is 0.230. The Hall–Kier alpha value is -3.33. The highest BCUT2D eigenvalue weighted by atomic mass is 35.5. The number of halogens is 1. The van der Waals surface area contributed by atoms with E-state index in [9.17, 15) is 14.7 Å². The molecule has 1 fully saturated rings. The monoisotopic (exact) mass is 443 g/mol. The van der Waals surface area contributed by atoms with Gasteiger partial charge in [0.1, 0.15) is 0 Å². The smallest absolute Gasteiger partial charge is 0.412 e. The van der Waals surface area contributed by atoms with Crippen LogP contribution < -0.4 is 10.2 Å². The molecule has 2 aromatic heterocycles. The second-order valence-corrected chi connectivity index (χ2v) is 8.01. The third-order valence-electron chi connectivity index (χ3n) is 5.07. The van der Waals surface area contributed by atoms with Crippen molar-refractivity contribution in [2.75, 3.05) is 23.3 Å². The molecule has 10 heteroatoms. The topological polar surface area (TPSA) is 112 Å². The number of pyridine rings is 1. The van der Waals surface area contributed by atoms with Crippen LogP contribution in [0.3, 0.4) is 0 Å². The molecule has 1 saturated heterocycles. The number of hydrogen-bond acceptors (Lipinski definition) is 5. The summed E-state index contributed by atoms with van der Waals surface area (Å²) in [7, 11) is 0. The van der Waals surface area contributed by atoms with Crippen LogP contribution in [0.15, 0.2) is 34.9 Å². The molecule has 1 aliphatic rings. The van der Waals surface area contributed by atoms with Crippen LogP contribution in [-0.2, 0) is 0 Å². The average Bonchev–Trinajstić information content (AvgIpc) is 3.38. The Morgan fingerprint density at radius 3 is 2.68 bits per heavy atom. The number of fused-ring (bicyclic) bond motifs is 1. The van der Waals surface area contributed by atoms with E-state index in [1.807, 2.05) is 0 Å². The molecule has 0 saturated carbocycles. The van der Waals surface area contributed by atoms with E-state index < -0.39 is 6.09 Å². The maximum Gasteiger partial charge on any atom is 0.412 e. The maximum atomic E-state index is 12.4. The van der Waals surface area contributed by atoms with E-state index >= 15 is 0 Å². The highest BCUT2D eigenvalue weighted by Crippen LogP contribution is 2.33. The molecule has 0 spiro atoms. The van der Waals surface area contributed by atoms with Crippen molar-refractivity contribution in [3.8, 4) is 11.5 Å². The molecule has 0 atom stereocenters. The molecule has 0 bridgehead atoms. The van der Waals surface area contributed by atoms with Crippen molar-refractivity contribution in [1.82, 2.24) is 14.9 Å². The molecule has 2 N–H and O–H groups in total. The second-order valence-electron chi connectivity index (χ2n) is 7.60. The number of oxazole rings is 1. The minimum absolute atomic E-state index is 0.155. The predicted octanol–water partition coefficient (Wildman–Crippen LogP) is 5.06. The number of nitrogens with one attached hydrogen (secondary N) is 1. The van der Waals surface area contributed by atoms with Gasteiger partial charge in [-0.05, 0) is 44.9 Å². The predicted molar refractivity (Wildman–Crippen MR) is 118 cm³/mol. The Bertz CT molecular complexity index is 1140. The quantitative estimate of drug-likeness (QED) is 0.582. The molecule has 31 heavy (non-hydrogen) atoms. The van der Waals surface area contributed by atoms with Crippen molar-refractivity contribution in [2.24, 2.45) is 0 Å². The summed E-state index contributed by atoms with van der Waals surface area (Å²) >= 11 is 6.36. The standard InChI is InChI=1S/C21H22ClN5O4/c1-12(2)27(21(29)30)14-10-17-18(23-11-14)25-19(31-17)15-9-13(5-6-16(15)22)24-20(28)26-7-3-4-8-26/h5-6,9-12H,3-4,7-8H2,1-2H3,(H,24,28)(H,29,30). The van der Waals surface area contributed by atoms with Gasteiger partial charge in [-0.3, -0.25) is 4.90 Å². The van der Waals surface area contributed by atoms with Gasteiger partial charge in [-0.1, -0.05) is 11.6 Å². The van der Waals surface area contributed by atoms with Crippen molar-refractivity contribution < 1.29 is 19.1 Å². The number of hydrogen-bond donors (Lipinski definition) is 2. The van der Waals surface area contributed by atoms with Crippen molar-refractivity contribution in [3.63, 3.8) is 0 Å². The summed E-state index contributed by atoms with van der Waals surface area (Å²) in [4.78, 5) is 35.5. The molecule has 4 rings (SSSR count). The summed E-state index contributed by atoms with van der Waals surface area (Å²) in [6, 6.07) is 6.22. The summed E-state index contributed by atoms with van der Waals surface area (Å²) in [6.45, 7) is 5.03. The molecule has 9 nitrogen and oxygen atoms in total. The lowest BCUT2D eigenvalue weighted by Crippen LogP contribution is -2.35. The van der Waals surface area contributed by atoms with Gasteiger partial charge < -0.3 is 19.7 Å². The lowest BCUT2D eigenvalue weighted by atomic mass is 10.2. The summed E-state index contributed by atoms with van der Waals surface area (Å²) < 4.78 is 5.84. The van der Waals surface area contributed by atoms with Gasteiger partial charge in [-0.15, -0.1) is 0 Å². The Balaban J connectivity index is 1.65. The molecule has 3 heterocycles. The maximum absolute atomic E-state index is 12.4. The summed E-state index contributed by atoms with van der Waals surface area (Å²) in [5.41, 5.74) is 2.12. The van der Waals surface area contributed by atoms with Gasteiger partial charge in [-0.2, -0.15) is 4.98 Å². The third-order valence-corrected chi connectivity index (χ3v) is 5.40. The van der Waals surface area contributed by atoms with E-state index in [4.69, 9.17) is 16.0 Å². The van der Waals surface area contributed by atoms with E-state index in [1.165, 1.54) is 11.1 Å². The fourth-order valence-corrected chi connectivity index (χ4v) is 3.77. The van der Waals surface area contributed by atoms with Gasteiger partial charge in [0.2, 0.25) is 5.89 Å². The number of benzene rings is 1. The van der Waals surface area contributed by atoms with E-state index in [0.717, 1.165) is 25.9 Å². The fourth-order valence-electron chi connectivity index (χ4n) is 3.58. The number of carboxylic acid groups (broad SMARTS) is 1. The summed E-state index contributed by atoms with van der Waals surface area (Å²) in [6.07, 6.45) is 2.37. The third kappa shape index (κ3) is 4.27. The zero-order valence-corrected chi connectivity index (χ0v) is 17.9. The Kier molecular flexibility index (Phi) is 5.69. The van der Waals surface area contributed by atoms with E-state index in [-0.39, 0.29) is 18.0 Å². The van der Waals surface area contributed by atoms with E-state index in [2.05, 4.69) is 15.3 Å². The number of aromatic nitrogens is 2. The number of rotatable bonds is 4. The molecular weight excluding hydrogens is 422 g/mol. The van der Waals surface area contributed by atoms with Crippen LogP contribution in [0.5, 0.6) is 0 Å². The van der Waals surface area contributed by atoms with Gasteiger partial charge >= 0.3 is 12.1 Å². The number of nitrogens with zero attached hydrogens (tertiary/aromatic N) is 4. The molecule has 162 valence electrons. The second kappa shape index (κ2) is 8.43. The zero-order valence-electron chi connectivity index (χ0n) is 17.1. The lowest BCUT2D eigenvalue weighted by molar-refractivity contribution is 0.200. The molecule has 0 aliphatic carbocycles. The number of carbonyl (C=O) groups excluding carboxylic acids is 1. The SMILES string of the molecule is CC(C)N(C(=O)O)c1cnc2nc(-c3cc(NC(=O)N4CCCC4)ccc3Cl)oc2c1. The molecule has 3 amide bonds. The van der Waals surface area contributed by atoms with Gasteiger partial charge in [0, 0.05) is 30.9 Å². The highest BCUT2D eigenvalue weighted by Gasteiger charge is 2.22. The van der Waals surface area contributed by atoms with Crippen LogP contribution in [0.2, 0.25) is 5.02 Å². The van der Waals surface area contributed by atoms with Gasteiger partial charge in [-0.25, -0.2) is 14.6 Å². The molecular formula is C21H22ClN5O4. The van der Waals surface area contributed by atoms with Gasteiger partial charge in [0.25, 0.3) is 0 Å². The first-order valence-electron chi connectivity index (χ1n) is 9.98. The minimum atomic E-state index is -1.08. The van der Waals surface area contributed by atoms with Crippen molar-refractivity contribution >= 4 is 46.3 Å². The van der Waals surface area contributed by atoms with Crippen molar-refractivity contribution in [3.05, 3.63) is 35.5 Å². The number of amides is 3. The van der Waals surface area contributed by atoms with Crippen LogP contribution in [0.4, 0.5) is 21.0 Å². The van der Waals surface area contributed by atoms with Crippen molar-refractivity contribution in [1.29, 1.82) is 0 Å². The molecule has 0 unspecified atom stereocenters. The molecule has 1 aliphatic heterocycles. The molecule has 0 radical (unpaired) electrons. The lowest BCUT2D eigenvalue weighted by Gasteiger charge is -2.22. The van der Waals surface area contributed by atoms with Crippen LogP contribution >= 0.6 is 11.6 Å². The van der Waals surface area contributed by atoms with Gasteiger partial charge in [0.15, 0.2) is 11.2 Å². The largest absolute Gasteiger partial charge is 0.465 e. The van der Waals surface area contributed by atoms with E-state index in [0.29, 0.717) is 33.2 Å². The van der Waals surface area contributed by atoms with Crippen LogP contribution in [0, 0.1) is 0 Å². The molecule has 1 aromatic carbocycles. The summed E-state index contributed by atoms with van der Waals surface area (Å²) in [5, 5.41) is 12.7. The highest BCUT2D eigenvalue weighted by molar-refractivity contribution is 6.33. The van der Waals surface area contributed by atoms with Crippen molar-refractivity contribution in [2.45, 2.75) is 32.7 Å². The Morgan fingerprint density at radius 2 is 2.00 bits per heavy atom. The zero-order chi connectivity index (χ0) is 22.1. The fraction of sp³-hybridized carbons (Fsp3) is 0.333. The van der Waals surface area contributed by atoms with Crippen LogP contribution in [-0.4, -0.2) is 51.2 Å². The number of anilines is 2. The molecule has 3 aromatic rings. The number of carbonyl (C=O) groups is 2. The number of likely N-dealkylation sites (tertiary alicyclic amines) is 1.